The molecule has 2 aromatic rings. The summed E-state index contributed by atoms with van der Waals surface area (Å²) >= 11 is 1.34. The molecule has 2 amide bonds. The van der Waals surface area contributed by atoms with Crippen molar-refractivity contribution in [3.8, 4) is 0 Å². The molecule has 0 aliphatic rings. The third kappa shape index (κ3) is 3.88. The number of benzene rings is 1. The second kappa shape index (κ2) is 6.49. The van der Waals surface area contributed by atoms with Crippen molar-refractivity contribution in [1.82, 2.24) is 0 Å². The van der Waals surface area contributed by atoms with Gasteiger partial charge in [-0.2, -0.15) is 0 Å². The largest absolute Gasteiger partial charge is 0.366 e. The van der Waals surface area contributed by atoms with Crippen LogP contribution in [0.3, 0.4) is 0 Å². The number of nitrogens with two attached hydrogens (primary N) is 1. The minimum atomic E-state index is -0.567. The molecule has 21 heavy (non-hydrogen) atoms. The van der Waals surface area contributed by atoms with Gasteiger partial charge in [-0.1, -0.05) is 19.1 Å². The van der Waals surface area contributed by atoms with Gasteiger partial charge in [-0.05, 0) is 30.2 Å². The fourth-order valence-electron chi connectivity index (χ4n) is 1.85. The van der Waals surface area contributed by atoms with Gasteiger partial charge in [0, 0.05) is 4.88 Å². The molecule has 1 aromatic heterocycles. The molecule has 1 heterocycles. The lowest BCUT2D eigenvalue weighted by Crippen LogP contribution is -2.17. The SMILES string of the molecule is CCc1cc(C(N)=O)c(NC(=O)Cc2ccc(F)cc2)s1. The smallest absolute Gasteiger partial charge is 0.251 e. The zero-order valence-corrected chi connectivity index (χ0v) is 12.3. The summed E-state index contributed by atoms with van der Waals surface area (Å²) in [5, 5.41) is 3.16. The Morgan fingerprint density at radius 3 is 2.52 bits per heavy atom. The van der Waals surface area contributed by atoms with E-state index >= 15 is 0 Å². The van der Waals surface area contributed by atoms with E-state index < -0.39 is 5.91 Å². The molecule has 0 radical (unpaired) electrons. The van der Waals surface area contributed by atoms with Gasteiger partial charge in [0.2, 0.25) is 5.91 Å². The Morgan fingerprint density at radius 2 is 1.95 bits per heavy atom. The number of thiophene rings is 1. The van der Waals surface area contributed by atoms with Gasteiger partial charge in [-0.25, -0.2) is 4.39 Å². The molecule has 0 spiro atoms. The summed E-state index contributed by atoms with van der Waals surface area (Å²) in [6, 6.07) is 7.40. The van der Waals surface area contributed by atoms with Crippen molar-refractivity contribution in [3.05, 3.63) is 52.2 Å². The first-order chi connectivity index (χ1) is 9.99. The van der Waals surface area contributed by atoms with Crippen LogP contribution < -0.4 is 11.1 Å². The number of carbonyl (C=O) groups is 2. The van der Waals surface area contributed by atoms with Crippen molar-refractivity contribution in [2.45, 2.75) is 19.8 Å². The van der Waals surface area contributed by atoms with Crippen molar-refractivity contribution >= 4 is 28.2 Å². The summed E-state index contributed by atoms with van der Waals surface area (Å²) in [6.07, 6.45) is 0.872. The standard InChI is InChI=1S/C15H15FN2O2S/c1-2-11-8-12(14(17)20)15(21-11)18-13(19)7-9-3-5-10(16)6-4-9/h3-6,8H,2,7H2,1H3,(H2,17,20)(H,18,19). The first kappa shape index (κ1) is 15.2. The summed E-state index contributed by atoms with van der Waals surface area (Å²) in [7, 11) is 0. The van der Waals surface area contributed by atoms with E-state index in [2.05, 4.69) is 5.32 Å². The van der Waals surface area contributed by atoms with Gasteiger partial charge in [0.25, 0.3) is 5.91 Å². The second-order valence-corrected chi connectivity index (χ2v) is 5.66. The van der Waals surface area contributed by atoms with Crippen molar-refractivity contribution in [3.63, 3.8) is 0 Å². The number of hydrogen-bond acceptors (Lipinski definition) is 3. The molecule has 110 valence electrons. The van der Waals surface area contributed by atoms with Crippen molar-refractivity contribution in [1.29, 1.82) is 0 Å². The monoisotopic (exact) mass is 306 g/mol. The van der Waals surface area contributed by atoms with E-state index in [0.717, 1.165) is 11.3 Å². The van der Waals surface area contributed by atoms with Crippen LogP contribution in [0, 0.1) is 5.82 Å². The van der Waals surface area contributed by atoms with E-state index in [9.17, 15) is 14.0 Å². The highest BCUT2D eigenvalue weighted by Crippen LogP contribution is 2.28. The van der Waals surface area contributed by atoms with Crippen molar-refractivity contribution in [2.24, 2.45) is 5.73 Å². The number of nitrogens with one attached hydrogen (secondary N) is 1. The second-order valence-electron chi connectivity index (χ2n) is 4.52. The quantitative estimate of drug-likeness (QED) is 0.891. The van der Waals surface area contributed by atoms with E-state index in [0.29, 0.717) is 16.1 Å². The molecule has 0 unspecified atom stereocenters. The number of amides is 2. The van der Waals surface area contributed by atoms with Crippen LogP contribution in [0.4, 0.5) is 9.39 Å². The first-order valence-electron chi connectivity index (χ1n) is 6.46. The number of halogens is 1. The van der Waals surface area contributed by atoms with Crippen LogP contribution in [-0.4, -0.2) is 11.8 Å². The molecule has 0 saturated heterocycles. The van der Waals surface area contributed by atoms with Crippen LogP contribution in [0.5, 0.6) is 0 Å². The molecule has 2 rings (SSSR count). The topological polar surface area (TPSA) is 72.2 Å². The fourth-order valence-corrected chi connectivity index (χ4v) is 2.87. The van der Waals surface area contributed by atoms with Gasteiger partial charge in [0.1, 0.15) is 10.8 Å². The van der Waals surface area contributed by atoms with E-state index in [4.69, 9.17) is 5.73 Å². The van der Waals surface area contributed by atoms with E-state index in [1.54, 1.807) is 18.2 Å². The van der Waals surface area contributed by atoms with Crippen molar-refractivity contribution in [2.75, 3.05) is 5.32 Å². The molecular weight excluding hydrogens is 291 g/mol. The Hall–Kier alpha value is -2.21. The highest BCUT2D eigenvalue weighted by Gasteiger charge is 2.15. The van der Waals surface area contributed by atoms with E-state index in [1.165, 1.54) is 23.5 Å². The average Bonchev–Trinajstić information content (AvgIpc) is 2.84. The normalized spacial score (nSPS) is 10.4. The van der Waals surface area contributed by atoms with Gasteiger partial charge in [0.15, 0.2) is 0 Å². The number of aryl methyl sites for hydroxylation is 1. The zero-order valence-electron chi connectivity index (χ0n) is 11.5. The lowest BCUT2D eigenvalue weighted by Gasteiger charge is -2.04. The average molecular weight is 306 g/mol. The number of hydrogen-bond donors (Lipinski definition) is 2. The molecular formula is C15H15FN2O2S. The summed E-state index contributed by atoms with van der Waals surface area (Å²) in [5.41, 5.74) is 6.32. The van der Waals surface area contributed by atoms with Crippen LogP contribution in [0.15, 0.2) is 30.3 Å². The Labute approximate surface area is 125 Å². The van der Waals surface area contributed by atoms with Crippen LogP contribution in [0.1, 0.15) is 27.7 Å². The fraction of sp³-hybridized carbons (Fsp3) is 0.200. The molecule has 0 saturated carbocycles. The zero-order chi connectivity index (χ0) is 15.4. The van der Waals surface area contributed by atoms with Crippen LogP contribution in [0.2, 0.25) is 0 Å². The molecule has 0 bridgehead atoms. The van der Waals surface area contributed by atoms with E-state index in [1.807, 2.05) is 6.92 Å². The highest BCUT2D eigenvalue weighted by molar-refractivity contribution is 7.16. The molecule has 3 N–H and O–H groups in total. The predicted octanol–water partition coefficient (Wildman–Crippen LogP) is 2.73. The number of carbonyl (C=O) groups excluding carboxylic acids is 2. The Morgan fingerprint density at radius 1 is 1.29 bits per heavy atom. The Kier molecular flexibility index (Phi) is 4.70. The third-order valence-electron chi connectivity index (χ3n) is 2.93. The van der Waals surface area contributed by atoms with Gasteiger partial charge >= 0.3 is 0 Å². The van der Waals surface area contributed by atoms with Gasteiger partial charge in [-0.3, -0.25) is 9.59 Å². The van der Waals surface area contributed by atoms with Crippen LogP contribution in [0.25, 0.3) is 0 Å². The molecule has 6 heteroatoms. The maximum Gasteiger partial charge on any atom is 0.251 e. The molecule has 0 atom stereocenters. The van der Waals surface area contributed by atoms with E-state index in [-0.39, 0.29) is 18.1 Å². The first-order valence-corrected chi connectivity index (χ1v) is 7.28. The summed E-state index contributed by atoms with van der Waals surface area (Å²) in [6.45, 7) is 1.96. The molecule has 0 aliphatic carbocycles. The van der Waals surface area contributed by atoms with Crippen LogP contribution >= 0.6 is 11.3 Å². The minimum absolute atomic E-state index is 0.109. The maximum absolute atomic E-state index is 12.8. The van der Waals surface area contributed by atoms with Crippen molar-refractivity contribution < 1.29 is 14.0 Å². The summed E-state index contributed by atoms with van der Waals surface area (Å²) in [4.78, 5) is 24.3. The molecule has 4 nitrogen and oxygen atoms in total. The predicted molar refractivity (Wildman–Crippen MR) is 80.9 cm³/mol. The van der Waals surface area contributed by atoms with Gasteiger partial charge < -0.3 is 11.1 Å². The minimum Gasteiger partial charge on any atom is -0.366 e. The summed E-state index contributed by atoms with van der Waals surface area (Å²) < 4.78 is 12.8. The summed E-state index contributed by atoms with van der Waals surface area (Å²) in [5.74, 6) is -1.18. The number of anilines is 1. The Bertz CT molecular complexity index is 665. The lowest BCUT2D eigenvalue weighted by atomic mass is 10.1. The molecule has 1 aromatic carbocycles. The number of rotatable bonds is 5. The molecule has 0 aliphatic heterocycles. The van der Waals surface area contributed by atoms with Gasteiger partial charge in [0.05, 0.1) is 12.0 Å². The van der Waals surface area contributed by atoms with Crippen LogP contribution in [-0.2, 0) is 17.6 Å². The maximum atomic E-state index is 12.8. The highest BCUT2D eigenvalue weighted by atomic mass is 32.1. The lowest BCUT2D eigenvalue weighted by molar-refractivity contribution is -0.115. The third-order valence-corrected chi connectivity index (χ3v) is 4.12. The molecule has 0 fully saturated rings. The number of primary amides is 1. The Balaban J connectivity index is 2.10. The van der Waals surface area contributed by atoms with Gasteiger partial charge in [-0.15, -0.1) is 11.3 Å².